The molecule has 1 N–H and O–H groups in total. The van der Waals surface area contributed by atoms with Crippen molar-refractivity contribution < 1.29 is 9.47 Å². The molecule has 0 amide bonds. The van der Waals surface area contributed by atoms with Crippen LogP contribution in [-0.4, -0.2) is 13.2 Å². The lowest BCUT2D eigenvalue weighted by Gasteiger charge is -2.16. The number of hydrogen-bond donors (Lipinski definition) is 1. The molecule has 0 saturated carbocycles. The summed E-state index contributed by atoms with van der Waals surface area (Å²) in [4.78, 5) is 0. The standard InChI is InChI=1S/C19H25NO2/c1-13(2)22-17-10-9-16(11-18(17)21-5)12-20-19-14(3)7-6-8-15(19)4/h6-11,13,20H,12H2,1-5H3. The summed E-state index contributed by atoms with van der Waals surface area (Å²) in [5.74, 6) is 1.56. The first-order valence-electron chi connectivity index (χ1n) is 7.65. The van der Waals surface area contributed by atoms with Crippen LogP contribution in [0.4, 0.5) is 5.69 Å². The normalized spacial score (nSPS) is 10.6. The second kappa shape index (κ2) is 7.21. The molecule has 0 unspecified atom stereocenters. The van der Waals surface area contributed by atoms with Crippen LogP contribution in [0.2, 0.25) is 0 Å². The van der Waals surface area contributed by atoms with E-state index in [9.17, 15) is 0 Å². The molecule has 2 rings (SSSR count). The fourth-order valence-corrected chi connectivity index (χ4v) is 2.46. The van der Waals surface area contributed by atoms with Crippen LogP contribution in [0.1, 0.15) is 30.5 Å². The van der Waals surface area contributed by atoms with Gasteiger partial charge in [0.15, 0.2) is 11.5 Å². The van der Waals surface area contributed by atoms with Crippen LogP contribution < -0.4 is 14.8 Å². The Morgan fingerprint density at radius 3 is 2.27 bits per heavy atom. The number of ether oxygens (including phenoxy) is 2. The van der Waals surface area contributed by atoms with Crippen molar-refractivity contribution in [2.24, 2.45) is 0 Å². The molecule has 0 spiro atoms. The Hall–Kier alpha value is -2.16. The van der Waals surface area contributed by atoms with Crippen molar-refractivity contribution in [3.05, 3.63) is 53.1 Å². The minimum absolute atomic E-state index is 0.132. The molecule has 0 fully saturated rings. The van der Waals surface area contributed by atoms with Crippen molar-refractivity contribution in [1.82, 2.24) is 0 Å². The van der Waals surface area contributed by atoms with Gasteiger partial charge in [-0.3, -0.25) is 0 Å². The molecular weight excluding hydrogens is 274 g/mol. The van der Waals surface area contributed by atoms with E-state index in [0.717, 1.165) is 23.6 Å². The maximum atomic E-state index is 5.75. The molecule has 0 aliphatic carbocycles. The molecule has 0 aromatic heterocycles. The first-order chi connectivity index (χ1) is 10.5. The highest BCUT2D eigenvalue weighted by molar-refractivity contribution is 5.57. The predicted octanol–water partition coefficient (Wildman–Crippen LogP) is 4.71. The lowest BCUT2D eigenvalue weighted by Crippen LogP contribution is -2.07. The van der Waals surface area contributed by atoms with E-state index >= 15 is 0 Å². The van der Waals surface area contributed by atoms with Crippen LogP contribution in [0.3, 0.4) is 0 Å². The Morgan fingerprint density at radius 2 is 1.68 bits per heavy atom. The number of anilines is 1. The summed E-state index contributed by atoms with van der Waals surface area (Å²) >= 11 is 0. The maximum Gasteiger partial charge on any atom is 0.161 e. The highest BCUT2D eigenvalue weighted by Gasteiger charge is 2.08. The Bertz CT molecular complexity index is 615. The van der Waals surface area contributed by atoms with Crippen LogP contribution >= 0.6 is 0 Å². The van der Waals surface area contributed by atoms with Crippen molar-refractivity contribution in [2.45, 2.75) is 40.3 Å². The summed E-state index contributed by atoms with van der Waals surface area (Å²) < 4.78 is 11.2. The average Bonchev–Trinajstić information content (AvgIpc) is 2.47. The molecule has 0 aliphatic heterocycles. The van der Waals surface area contributed by atoms with Gasteiger partial charge in [-0.15, -0.1) is 0 Å². The number of methoxy groups -OCH3 is 1. The van der Waals surface area contributed by atoms with E-state index in [2.05, 4.69) is 43.4 Å². The average molecular weight is 299 g/mol. The Balaban J connectivity index is 2.13. The fraction of sp³-hybridized carbons (Fsp3) is 0.368. The molecule has 3 nitrogen and oxygen atoms in total. The van der Waals surface area contributed by atoms with Gasteiger partial charge in [0.05, 0.1) is 13.2 Å². The molecule has 0 saturated heterocycles. The van der Waals surface area contributed by atoms with Gasteiger partial charge in [0, 0.05) is 12.2 Å². The van der Waals surface area contributed by atoms with Gasteiger partial charge in [-0.1, -0.05) is 24.3 Å². The van der Waals surface area contributed by atoms with E-state index in [-0.39, 0.29) is 6.10 Å². The van der Waals surface area contributed by atoms with Gasteiger partial charge in [0.2, 0.25) is 0 Å². The topological polar surface area (TPSA) is 30.5 Å². The molecule has 0 aliphatic rings. The van der Waals surface area contributed by atoms with E-state index in [1.807, 2.05) is 26.0 Å². The van der Waals surface area contributed by atoms with Crippen LogP contribution in [0, 0.1) is 13.8 Å². The number of para-hydroxylation sites is 1. The van der Waals surface area contributed by atoms with E-state index in [1.165, 1.54) is 16.8 Å². The quantitative estimate of drug-likeness (QED) is 0.838. The van der Waals surface area contributed by atoms with Gasteiger partial charge >= 0.3 is 0 Å². The van der Waals surface area contributed by atoms with Gasteiger partial charge in [0.1, 0.15) is 0 Å². The first-order valence-corrected chi connectivity index (χ1v) is 7.65. The molecular formula is C19H25NO2. The number of benzene rings is 2. The molecule has 118 valence electrons. The van der Waals surface area contributed by atoms with Gasteiger partial charge in [-0.25, -0.2) is 0 Å². The van der Waals surface area contributed by atoms with Gasteiger partial charge in [-0.05, 0) is 56.5 Å². The minimum Gasteiger partial charge on any atom is -0.493 e. The van der Waals surface area contributed by atoms with Crippen LogP contribution in [0.5, 0.6) is 11.5 Å². The van der Waals surface area contributed by atoms with E-state index < -0.39 is 0 Å². The van der Waals surface area contributed by atoms with E-state index in [1.54, 1.807) is 7.11 Å². The lowest BCUT2D eigenvalue weighted by molar-refractivity contribution is 0.230. The van der Waals surface area contributed by atoms with Crippen molar-refractivity contribution in [1.29, 1.82) is 0 Å². The molecule has 2 aromatic rings. The molecule has 22 heavy (non-hydrogen) atoms. The van der Waals surface area contributed by atoms with Crippen LogP contribution in [0.15, 0.2) is 36.4 Å². The third-order valence-corrected chi connectivity index (χ3v) is 3.54. The Labute approximate surface area is 133 Å². The zero-order chi connectivity index (χ0) is 16.1. The summed E-state index contributed by atoms with van der Waals surface area (Å²) in [7, 11) is 1.67. The Kier molecular flexibility index (Phi) is 5.31. The largest absolute Gasteiger partial charge is 0.493 e. The van der Waals surface area contributed by atoms with E-state index in [0.29, 0.717) is 0 Å². The van der Waals surface area contributed by atoms with Gasteiger partial charge < -0.3 is 14.8 Å². The SMILES string of the molecule is COc1cc(CNc2c(C)cccc2C)ccc1OC(C)C. The molecule has 2 aromatic carbocycles. The van der Waals surface area contributed by atoms with Crippen molar-refractivity contribution in [2.75, 3.05) is 12.4 Å². The summed E-state index contributed by atoms with van der Waals surface area (Å²) in [6, 6.07) is 12.4. The summed E-state index contributed by atoms with van der Waals surface area (Å²) in [6.07, 6.45) is 0.132. The summed E-state index contributed by atoms with van der Waals surface area (Å²) in [5, 5.41) is 3.51. The van der Waals surface area contributed by atoms with Crippen molar-refractivity contribution in [3.8, 4) is 11.5 Å². The lowest BCUT2D eigenvalue weighted by atomic mass is 10.1. The third-order valence-electron chi connectivity index (χ3n) is 3.54. The molecule has 0 heterocycles. The van der Waals surface area contributed by atoms with Crippen molar-refractivity contribution in [3.63, 3.8) is 0 Å². The summed E-state index contributed by atoms with van der Waals surface area (Å²) in [6.45, 7) is 9.01. The monoisotopic (exact) mass is 299 g/mol. The smallest absolute Gasteiger partial charge is 0.161 e. The third kappa shape index (κ3) is 3.94. The number of aryl methyl sites for hydroxylation is 2. The predicted molar refractivity (Wildman–Crippen MR) is 92.0 cm³/mol. The second-order valence-corrected chi connectivity index (χ2v) is 5.77. The van der Waals surface area contributed by atoms with Crippen molar-refractivity contribution >= 4 is 5.69 Å². The Morgan fingerprint density at radius 1 is 1.00 bits per heavy atom. The molecule has 3 heteroatoms. The second-order valence-electron chi connectivity index (χ2n) is 5.77. The zero-order valence-electron chi connectivity index (χ0n) is 14.1. The van der Waals surface area contributed by atoms with Crippen LogP contribution in [-0.2, 0) is 6.54 Å². The van der Waals surface area contributed by atoms with E-state index in [4.69, 9.17) is 9.47 Å². The molecule has 0 radical (unpaired) electrons. The minimum atomic E-state index is 0.132. The van der Waals surface area contributed by atoms with Crippen LogP contribution in [0.25, 0.3) is 0 Å². The number of rotatable bonds is 6. The maximum absolute atomic E-state index is 5.75. The molecule has 0 bridgehead atoms. The first kappa shape index (κ1) is 16.2. The molecule has 0 atom stereocenters. The summed E-state index contributed by atoms with van der Waals surface area (Å²) in [5.41, 5.74) is 4.87. The van der Waals surface area contributed by atoms with Gasteiger partial charge in [-0.2, -0.15) is 0 Å². The number of hydrogen-bond acceptors (Lipinski definition) is 3. The van der Waals surface area contributed by atoms with Gasteiger partial charge in [0.25, 0.3) is 0 Å². The zero-order valence-corrected chi connectivity index (χ0v) is 14.1. The fourth-order valence-electron chi connectivity index (χ4n) is 2.46. The highest BCUT2D eigenvalue weighted by Crippen LogP contribution is 2.29. The highest BCUT2D eigenvalue weighted by atomic mass is 16.5. The number of nitrogens with one attached hydrogen (secondary N) is 1.